The van der Waals surface area contributed by atoms with Crippen LogP contribution >= 0.6 is 23.4 Å². The van der Waals surface area contributed by atoms with Crippen LogP contribution in [0.2, 0.25) is 5.02 Å². The molecule has 3 aromatic rings. The molecule has 5 rings (SSSR count). The van der Waals surface area contributed by atoms with Crippen LogP contribution in [-0.4, -0.2) is 29.9 Å². The molecule has 8 heteroatoms. The number of ether oxygens (including phenoxy) is 1. The van der Waals surface area contributed by atoms with Crippen LogP contribution in [0.5, 0.6) is 0 Å². The standard InChI is InChI=1S/C30H28ClNO5S/c1-3-38-13-12-36-30(35)26-17(2)32-23-14-18(19-8-4-6-10-22(19)31)15-24(33)28(23)27(26)21-16-37-25-11-7-5-9-20(25)29(21)34/h4-11,16,18,27,32H,3,12-15H2,1-2H3. The molecule has 2 aromatic carbocycles. The average molecular weight is 550 g/mol. The van der Waals surface area contributed by atoms with E-state index in [1.54, 1.807) is 43.0 Å². The number of allylic oxidation sites excluding steroid dienone is 3. The highest BCUT2D eigenvalue weighted by atomic mass is 35.5. The van der Waals surface area contributed by atoms with Crippen molar-refractivity contribution in [2.24, 2.45) is 0 Å². The Labute approximate surface area is 230 Å². The van der Waals surface area contributed by atoms with E-state index in [2.05, 4.69) is 5.32 Å². The van der Waals surface area contributed by atoms with Gasteiger partial charge in [-0.2, -0.15) is 11.8 Å². The van der Waals surface area contributed by atoms with Gasteiger partial charge in [-0.25, -0.2) is 4.79 Å². The van der Waals surface area contributed by atoms with Gasteiger partial charge >= 0.3 is 5.97 Å². The van der Waals surface area contributed by atoms with E-state index < -0.39 is 11.9 Å². The first kappa shape index (κ1) is 26.3. The number of hydrogen-bond donors (Lipinski definition) is 1. The fraction of sp³-hybridized carbons (Fsp3) is 0.300. The molecule has 196 valence electrons. The number of benzene rings is 2. The maximum absolute atomic E-state index is 13.8. The van der Waals surface area contributed by atoms with Gasteiger partial charge in [0.05, 0.1) is 23.1 Å². The molecule has 2 atom stereocenters. The first-order valence-electron chi connectivity index (χ1n) is 12.6. The van der Waals surface area contributed by atoms with Crippen LogP contribution in [-0.2, 0) is 14.3 Å². The van der Waals surface area contributed by atoms with Gasteiger partial charge in [0.2, 0.25) is 0 Å². The zero-order chi connectivity index (χ0) is 26.8. The summed E-state index contributed by atoms with van der Waals surface area (Å²) in [6.45, 7) is 4.06. The van der Waals surface area contributed by atoms with E-state index in [9.17, 15) is 14.4 Å². The lowest BCUT2D eigenvalue weighted by Gasteiger charge is -2.36. The fourth-order valence-corrected chi connectivity index (χ4v) is 6.13. The number of rotatable bonds is 7. The van der Waals surface area contributed by atoms with Crippen LogP contribution in [0.4, 0.5) is 0 Å². The van der Waals surface area contributed by atoms with Crippen molar-refractivity contribution in [3.63, 3.8) is 0 Å². The smallest absolute Gasteiger partial charge is 0.336 e. The molecule has 0 spiro atoms. The van der Waals surface area contributed by atoms with Crippen molar-refractivity contribution < 1.29 is 18.7 Å². The first-order chi connectivity index (χ1) is 18.4. The summed E-state index contributed by atoms with van der Waals surface area (Å²) < 4.78 is 11.4. The highest BCUT2D eigenvalue weighted by Crippen LogP contribution is 2.46. The van der Waals surface area contributed by atoms with E-state index in [-0.39, 0.29) is 41.3 Å². The summed E-state index contributed by atoms with van der Waals surface area (Å²) >= 11 is 8.14. The Morgan fingerprint density at radius 1 is 1.11 bits per heavy atom. The van der Waals surface area contributed by atoms with Crippen LogP contribution in [0.3, 0.4) is 0 Å². The van der Waals surface area contributed by atoms with Crippen molar-refractivity contribution in [1.82, 2.24) is 5.32 Å². The van der Waals surface area contributed by atoms with Gasteiger partial charge in [0.25, 0.3) is 0 Å². The van der Waals surface area contributed by atoms with Crippen molar-refractivity contribution in [1.29, 1.82) is 0 Å². The van der Waals surface area contributed by atoms with Gasteiger partial charge in [0.1, 0.15) is 12.2 Å². The first-order valence-corrected chi connectivity index (χ1v) is 14.2. The minimum atomic E-state index is -0.891. The number of halogens is 1. The highest BCUT2D eigenvalue weighted by molar-refractivity contribution is 7.99. The maximum atomic E-state index is 13.8. The molecule has 38 heavy (non-hydrogen) atoms. The number of thioether (sulfide) groups is 1. The number of Topliss-reactive ketones (excluding diaryl/α,β-unsaturated/α-hetero) is 1. The topological polar surface area (TPSA) is 85.6 Å². The van der Waals surface area contributed by atoms with Crippen molar-refractivity contribution in [3.05, 3.63) is 104 Å². The third kappa shape index (κ3) is 4.93. The molecule has 1 aliphatic carbocycles. The van der Waals surface area contributed by atoms with E-state index in [4.69, 9.17) is 20.8 Å². The Bertz CT molecular complexity index is 1540. The summed E-state index contributed by atoms with van der Waals surface area (Å²) in [6, 6.07) is 14.5. The molecule has 0 saturated carbocycles. The minimum Gasteiger partial charge on any atom is -0.464 e. The van der Waals surface area contributed by atoms with Crippen molar-refractivity contribution >= 4 is 46.1 Å². The Morgan fingerprint density at radius 3 is 2.66 bits per heavy atom. The Kier molecular flexibility index (Phi) is 7.77. The second-order valence-corrected chi connectivity index (χ2v) is 11.2. The van der Waals surface area contributed by atoms with E-state index in [1.165, 1.54) is 6.26 Å². The molecule has 2 unspecified atom stereocenters. The van der Waals surface area contributed by atoms with Crippen LogP contribution in [0.25, 0.3) is 11.0 Å². The predicted octanol–water partition coefficient (Wildman–Crippen LogP) is 6.10. The van der Waals surface area contributed by atoms with Gasteiger partial charge in [-0.15, -0.1) is 0 Å². The van der Waals surface area contributed by atoms with Gasteiger partial charge in [-0.05, 0) is 48.8 Å². The Balaban J connectivity index is 1.61. The lowest BCUT2D eigenvalue weighted by molar-refractivity contribution is -0.138. The largest absolute Gasteiger partial charge is 0.464 e. The molecule has 0 bridgehead atoms. The SMILES string of the molecule is CCSCCOC(=O)C1=C(C)NC2=C(C(=O)CC(c3ccccc3Cl)C2)C1c1coc2ccccc2c1=O. The van der Waals surface area contributed by atoms with Crippen LogP contribution in [0.15, 0.2) is 86.5 Å². The molecule has 1 aliphatic heterocycles. The zero-order valence-electron chi connectivity index (χ0n) is 21.2. The molecule has 0 fully saturated rings. The molecule has 0 radical (unpaired) electrons. The molecular weight excluding hydrogens is 522 g/mol. The van der Waals surface area contributed by atoms with Crippen molar-refractivity contribution in [2.75, 3.05) is 18.1 Å². The number of carbonyl (C=O) groups is 2. The van der Waals surface area contributed by atoms with Crippen molar-refractivity contribution in [2.45, 2.75) is 38.5 Å². The lowest BCUT2D eigenvalue weighted by Crippen LogP contribution is -2.37. The summed E-state index contributed by atoms with van der Waals surface area (Å²) in [5, 5.41) is 4.32. The maximum Gasteiger partial charge on any atom is 0.336 e. The number of nitrogens with one attached hydrogen (secondary N) is 1. The summed E-state index contributed by atoms with van der Waals surface area (Å²) in [6.07, 6.45) is 2.12. The number of dihydropyridines is 1. The molecule has 1 N–H and O–H groups in total. The molecule has 1 aromatic heterocycles. The monoisotopic (exact) mass is 549 g/mol. The van der Waals surface area contributed by atoms with Gasteiger partial charge in [0.15, 0.2) is 11.2 Å². The number of ketones is 1. The summed E-state index contributed by atoms with van der Waals surface area (Å²) in [5.74, 6) is -0.116. The quantitative estimate of drug-likeness (QED) is 0.281. The number of carbonyl (C=O) groups excluding carboxylic acids is 2. The van der Waals surface area contributed by atoms with Gasteiger partial charge < -0.3 is 14.5 Å². The normalized spacial score (nSPS) is 19.4. The minimum absolute atomic E-state index is 0.122. The number of fused-ring (bicyclic) bond motifs is 1. The Hall–Kier alpha value is -3.29. The second kappa shape index (κ2) is 11.2. The lowest BCUT2D eigenvalue weighted by atomic mass is 9.72. The number of esters is 1. The second-order valence-electron chi connectivity index (χ2n) is 9.39. The molecular formula is C30H28ClNO5S. The van der Waals surface area contributed by atoms with Gasteiger partial charge in [-0.3, -0.25) is 9.59 Å². The van der Waals surface area contributed by atoms with Gasteiger partial charge in [0, 0.05) is 39.7 Å². The molecule has 0 amide bonds. The molecule has 2 heterocycles. The molecule has 0 saturated heterocycles. The summed E-state index contributed by atoms with van der Waals surface area (Å²) in [5.41, 5.74) is 3.25. The third-order valence-electron chi connectivity index (χ3n) is 7.08. The number of para-hydroxylation sites is 1. The molecule has 6 nitrogen and oxygen atoms in total. The zero-order valence-corrected chi connectivity index (χ0v) is 22.8. The van der Waals surface area contributed by atoms with Crippen LogP contribution in [0, 0.1) is 0 Å². The Morgan fingerprint density at radius 2 is 1.87 bits per heavy atom. The van der Waals surface area contributed by atoms with Crippen LogP contribution < -0.4 is 10.7 Å². The van der Waals surface area contributed by atoms with Crippen molar-refractivity contribution in [3.8, 4) is 0 Å². The van der Waals surface area contributed by atoms with Crippen LogP contribution in [0.1, 0.15) is 49.7 Å². The van der Waals surface area contributed by atoms with E-state index in [0.29, 0.717) is 45.1 Å². The number of hydrogen-bond acceptors (Lipinski definition) is 7. The third-order valence-corrected chi connectivity index (χ3v) is 8.28. The van der Waals surface area contributed by atoms with E-state index in [0.717, 1.165) is 11.3 Å². The summed E-state index contributed by atoms with van der Waals surface area (Å²) in [4.78, 5) is 40.9. The van der Waals surface area contributed by atoms with E-state index >= 15 is 0 Å². The van der Waals surface area contributed by atoms with Gasteiger partial charge in [-0.1, -0.05) is 48.9 Å². The fourth-order valence-electron chi connectivity index (χ4n) is 5.35. The predicted molar refractivity (Wildman–Crippen MR) is 150 cm³/mol. The molecule has 2 aliphatic rings. The van der Waals surface area contributed by atoms with E-state index in [1.807, 2.05) is 31.2 Å². The summed E-state index contributed by atoms with van der Waals surface area (Å²) in [7, 11) is 0. The highest BCUT2D eigenvalue weighted by Gasteiger charge is 2.43. The average Bonchev–Trinajstić information content (AvgIpc) is 2.91.